The van der Waals surface area contributed by atoms with E-state index >= 15 is 0 Å². The molecule has 122 valence electrons. The molecule has 1 aliphatic heterocycles. The summed E-state index contributed by atoms with van der Waals surface area (Å²) in [6.07, 6.45) is 3.56. The molecular weight excluding hydrogens is 298 g/mol. The minimum Gasteiger partial charge on any atom is -0.481 e. The van der Waals surface area contributed by atoms with E-state index in [-0.39, 0.29) is 31.5 Å². The van der Waals surface area contributed by atoms with Gasteiger partial charge in [0, 0.05) is 32.6 Å². The van der Waals surface area contributed by atoms with Crippen LogP contribution in [-0.2, 0) is 14.8 Å². The molecule has 21 heavy (non-hydrogen) atoms. The smallest absolute Gasteiger partial charge is 0.317 e. The van der Waals surface area contributed by atoms with Crippen LogP contribution in [-0.4, -0.2) is 62.9 Å². The number of urea groups is 1. The maximum Gasteiger partial charge on any atom is 0.317 e. The number of hydrogen-bond donors (Lipinski definition) is 3. The second-order valence-electron chi connectivity index (χ2n) is 5.29. The first-order valence-electron chi connectivity index (χ1n) is 6.97. The van der Waals surface area contributed by atoms with Crippen LogP contribution in [0.4, 0.5) is 4.79 Å². The lowest BCUT2D eigenvalue weighted by molar-refractivity contribution is -0.137. The number of nitrogens with one attached hydrogen (secondary N) is 2. The van der Waals surface area contributed by atoms with E-state index < -0.39 is 16.0 Å². The third-order valence-electron chi connectivity index (χ3n) is 3.34. The van der Waals surface area contributed by atoms with E-state index in [2.05, 4.69) is 10.0 Å². The van der Waals surface area contributed by atoms with Crippen molar-refractivity contribution in [3.63, 3.8) is 0 Å². The third kappa shape index (κ3) is 7.86. The highest BCUT2D eigenvalue weighted by atomic mass is 32.2. The molecule has 1 rings (SSSR count). The number of carboxylic acid groups (broad SMARTS) is 1. The van der Waals surface area contributed by atoms with Crippen molar-refractivity contribution in [2.24, 2.45) is 5.92 Å². The van der Waals surface area contributed by atoms with E-state index in [1.807, 2.05) is 0 Å². The Morgan fingerprint density at radius 1 is 1.33 bits per heavy atom. The zero-order valence-corrected chi connectivity index (χ0v) is 13.0. The number of piperidine rings is 1. The van der Waals surface area contributed by atoms with E-state index in [9.17, 15) is 18.0 Å². The fourth-order valence-corrected chi connectivity index (χ4v) is 2.80. The molecule has 3 N–H and O–H groups in total. The summed E-state index contributed by atoms with van der Waals surface area (Å²) in [6.45, 7) is 1.58. The van der Waals surface area contributed by atoms with Gasteiger partial charge in [-0.2, -0.15) is 0 Å². The van der Waals surface area contributed by atoms with Crippen LogP contribution >= 0.6 is 0 Å². The van der Waals surface area contributed by atoms with Gasteiger partial charge in [0.1, 0.15) is 0 Å². The minimum absolute atomic E-state index is 0.123. The first-order chi connectivity index (χ1) is 9.78. The SMILES string of the molecule is CS(=O)(=O)NCCNC(=O)N1CCCC(CCC(=O)O)C1. The molecule has 0 bridgehead atoms. The van der Waals surface area contributed by atoms with Gasteiger partial charge in [0.2, 0.25) is 10.0 Å². The van der Waals surface area contributed by atoms with Gasteiger partial charge >= 0.3 is 12.0 Å². The first-order valence-corrected chi connectivity index (χ1v) is 8.86. The summed E-state index contributed by atoms with van der Waals surface area (Å²) in [5, 5.41) is 11.3. The van der Waals surface area contributed by atoms with Crippen LogP contribution in [0.5, 0.6) is 0 Å². The molecule has 0 aromatic rings. The minimum atomic E-state index is -3.24. The van der Waals surface area contributed by atoms with Gasteiger partial charge in [0.15, 0.2) is 0 Å². The predicted octanol–water partition coefficient (Wildman–Crippen LogP) is -0.178. The number of aliphatic carboxylic acids is 1. The average Bonchev–Trinajstić information content (AvgIpc) is 2.40. The van der Waals surface area contributed by atoms with Crippen molar-refractivity contribution in [3.05, 3.63) is 0 Å². The molecule has 1 saturated heterocycles. The van der Waals surface area contributed by atoms with Crippen LogP contribution in [0.3, 0.4) is 0 Å². The molecule has 9 heteroatoms. The van der Waals surface area contributed by atoms with Crippen LogP contribution in [0.15, 0.2) is 0 Å². The maximum absolute atomic E-state index is 11.9. The molecule has 0 saturated carbocycles. The summed E-state index contributed by atoms with van der Waals surface area (Å²) >= 11 is 0. The molecule has 1 unspecified atom stereocenters. The van der Waals surface area contributed by atoms with Crippen LogP contribution in [0.1, 0.15) is 25.7 Å². The largest absolute Gasteiger partial charge is 0.481 e. The molecule has 8 nitrogen and oxygen atoms in total. The Labute approximate surface area is 124 Å². The number of carboxylic acids is 1. The number of carbonyl (C=O) groups excluding carboxylic acids is 1. The van der Waals surface area contributed by atoms with E-state index in [1.54, 1.807) is 4.90 Å². The highest BCUT2D eigenvalue weighted by molar-refractivity contribution is 7.88. The summed E-state index contributed by atoms with van der Waals surface area (Å²) in [4.78, 5) is 24.2. The summed E-state index contributed by atoms with van der Waals surface area (Å²) in [6, 6.07) is -0.231. The highest BCUT2D eigenvalue weighted by Crippen LogP contribution is 2.20. The molecular formula is C12H23N3O5S. The lowest BCUT2D eigenvalue weighted by Gasteiger charge is -2.32. The molecule has 0 aromatic heterocycles. The standard InChI is InChI=1S/C12H23N3O5S/c1-21(19,20)14-7-6-13-12(18)15-8-2-3-10(9-15)4-5-11(16)17/h10,14H,2-9H2,1H3,(H,13,18)(H,16,17). The van der Waals surface area contributed by atoms with E-state index in [1.165, 1.54) is 0 Å². The van der Waals surface area contributed by atoms with Gasteiger partial charge in [-0.1, -0.05) is 0 Å². The normalized spacial score (nSPS) is 19.3. The van der Waals surface area contributed by atoms with Crippen LogP contribution in [0.25, 0.3) is 0 Å². The van der Waals surface area contributed by atoms with E-state index in [4.69, 9.17) is 5.11 Å². The predicted molar refractivity (Wildman–Crippen MR) is 77.4 cm³/mol. The lowest BCUT2D eigenvalue weighted by atomic mass is 9.93. The monoisotopic (exact) mass is 321 g/mol. The lowest BCUT2D eigenvalue weighted by Crippen LogP contribution is -2.47. The molecule has 1 aliphatic rings. The van der Waals surface area contributed by atoms with Gasteiger partial charge in [-0.25, -0.2) is 17.9 Å². The highest BCUT2D eigenvalue weighted by Gasteiger charge is 2.23. The number of nitrogens with zero attached hydrogens (tertiary/aromatic N) is 1. The molecule has 0 aliphatic carbocycles. The second-order valence-corrected chi connectivity index (χ2v) is 7.12. The Morgan fingerprint density at radius 2 is 2.05 bits per heavy atom. The van der Waals surface area contributed by atoms with Crippen molar-refractivity contribution in [2.75, 3.05) is 32.4 Å². The van der Waals surface area contributed by atoms with Crippen LogP contribution < -0.4 is 10.0 Å². The van der Waals surface area contributed by atoms with Crippen LogP contribution in [0, 0.1) is 5.92 Å². The Kier molecular flexibility index (Phi) is 6.90. The van der Waals surface area contributed by atoms with Gasteiger partial charge in [0.25, 0.3) is 0 Å². The topological polar surface area (TPSA) is 116 Å². The van der Waals surface area contributed by atoms with Crippen LogP contribution in [0.2, 0.25) is 0 Å². The van der Waals surface area contributed by atoms with Crippen molar-refractivity contribution in [3.8, 4) is 0 Å². The number of carbonyl (C=O) groups is 2. The Balaban J connectivity index is 2.28. The van der Waals surface area contributed by atoms with Gasteiger partial charge in [-0.15, -0.1) is 0 Å². The maximum atomic E-state index is 11.9. The Hall–Kier alpha value is -1.35. The molecule has 1 atom stereocenters. The third-order valence-corrected chi connectivity index (χ3v) is 4.07. The summed E-state index contributed by atoms with van der Waals surface area (Å²) in [5.41, 5.74) is 0. The number of likely N-dealkylation sites (tertiary alicyclic amines) is 1. The van der Waals surface area contributed by atoms with Gasteiger partial charge in [-0.05, 0) is 25.2 Å². The van der Waals surface area contributed by atoms with Crippen molar-refractivity contribution >= 4 is 22.0 Å². The quantitative estimate of drug-likeness (QED) is 0.563. The summed E-state index contributed by atoms with van der Waals surface area (Å²) in [5.74, 6) is -0.599. The number of sulfonamides is 1. The van der Waals surface area contributed by atoms with Gasteiger partial charge in [-0.3, -0.25) is 4.79 Å². The van der Waals surface area contributed by atoms with E-state index in [0.29, 0.717) is 19.5 Å². The fraction of sp³-hybridized carbons (Fsp3) is 0.833. The fourth-order valence-electron chi connectivity index (χ4n) is 2.33. The molecule has 1 heterocycles. The molecule has 2 amide bonds. The van der Waals surface area contributed by atoms with Gasteiger partial charge < -0.3 is 15.3 Å². The van der Waals surface area contributed by atoms with Crippen molar-refractivity contribution in [1.82, 2.24) is 14.9 Å². The van der Waals surface area contributed by atoms with Crippen molar-refractivity contribution in [2.45, 2.75) is 25.7 Å². The molecule has 1 fully saturated rings. The molecule has 0 radical (unpaired) electrons. The Morgan fingerprint density at radius 3 is 2.67 bits per heavy atom. The molecule has 0 spiro atoms. The average molecular weight is 321 g/mol. The number of hydrogen-bond acceptors (Lipinski definition) is 4. The first kappa shape index (κ1) is 17.7. The number of amides is 2. The second kappa shape index (κ2) is 8.18. The zero-order chi connectivity index (χ0) is 15.9. The summed E-state index contributed by atoms with van der Waals surface area (Å²) in [7, 11) is -3.24. The van der Waals surface area contributed by atoms with Crippen molar-refractivity contribution in [1.29, 1.82) is 0 Å². The number of rotatable bonds is 7. The zero-order valence-electron chi connectivity index (χ0n) is 12.2. The summed E-state index contributed by atoms with van der Waals surface area (Å²) < 4.78 is 24.0. The van der Waals surface area contributed by atoms with Crippen molar-refractivity contribution < 1.29 is 23.1 Å². The molecule has 0 aromatic carbocycles. The Bertz CT molecular complexity index is 466. The van der Waals surface area contributed by atoms with Gasteiger partial charge in [0.05, 0.1) is 6.26 Å². The van der Waals surface area contributed by atoms with E-state index in [0.717, 1.165) is 19.1 Å².